The quantitative estimate of drug-likeness (QED) is 0.696. The third kappa shape index (κ3) is 4.11. The van der Waals surface area contributed by atoms with Crippen molar-refractivity contribution in [1.29, 1.82) is 0 Å². The first-order valence-electron chi connectivity index (χ1n) is 10.7. The van der Waals surface area contributed by atoms with E-state index < -0.39 is 11.2 Å². The van der Waals surface area contributed by atoms with Gasteiger partial charge in [-0.15, -0.1) is 5.10 Å². The number of nitrogens with two attached hydrogens (primary N) is 1. The molecule has 4 rings (SSSR count). The molecular formula is C21H32N6OS. The lowest BCUT2D eigenvalue weighted by atomic mass is 9.71. The third-order valence-electron chi connectivity index (χ3n) is 6.94. The topological polar surface area (TPSA) is 97.9 Å². The van der Waals surface area contributed by atoms with Crippen molar-refractivity contribution in [2.24, 2.45) is 17.6 Å². The average Bonchev–Trinajstić information content (AvgIpc) is 3.42. The van der Waals surface area contributed by atoms with Crippen LogP contribution in [0.1, 0.15) is 68.4 Å². The Labute approximate surface area is 176 Å². The molecule has 1 saturated carbocycles. The highest BCUT2D eigenvalue weighted by Gasteiger charge is 2.42. The van der Waals surface area contributed by atoms with E-state index in [9.17, 15) is 4.79 Å². The molecule has 1 atom stereocenters. The third-order valence-corrected chi connectivity index (χ3v) is 7.62. The van der Waals surface area contributed by atoms with E-state index in [1.54, 1.807) is 0 Å². The van der Waals surface area contributed by atoms with Gasteiger partial charge in [-0.3, -0.25) is 4.79 Å². The van der Waals surface area contributed by atoms with Crippen molar-refractivity contribution in [3.8, 4) is 0 Å². The van der Waals surface area contributed by atoms with Crippen molar-refractivity contribution in [2.75, 3.05) is 13.1 Å². The lowest BCUT2D eigenvalue weighted by Gasteiger charge is -2.40. The van der Waals surface area contributed by atoms with Gasteiger partial charge in [0.05, 0.1) is 17.3 Å². The summed E-state index contributed by atoms with van der Waals surface area (Å²) in [6.07, 6.45) is 8.10. The number of piperidine rings is 1. The number of aromatic nitrogens is 3. The SMILES string of the molecule is CC1CCC([C@](C)(NC(=O)c2ccsc2)c2cn(C3(N)CCNCC3)nn2)CC1. The van der Waals surface area contributed by atoms with Crippen molar-refractivity contribution < 1.29 is 4.79 Å². The summed E-state index contributed by atoms with van der Waals surface area (Å²) in [4.78, 5) is 13.0. The molecule has 1 amide bonds. The summed E-state index contributed by atoms with van der Waals surface area (Å²) >= 11 is 1.53. The molecule has 0 unspecified atom stereocenters. The zero-order valence-corrected chi connectivity index (χ0v) is 18.2. The number of amides is 1. The Balaban J connectivity index is 1.64. The maximum atomic E-state index is 13.0. The number of nitrogens with one attached hydrogen (secondary N) is 2. The van der Waals surface area contributed by atoms with Crippen LogP contribution in [0.4, 0.5) is 0 Å². The zero-order chi connectivity index (χ0) is 20.5. The summed E-state index contributed by atoms with van der Waals surface area (Å²) in [5.41, 5.74) is 7.07. The van der Waals surface area contributed by atoms with Crippen LogP contribution in [-0.4, -0.2) is 34.0 Å². The van der Waals surface area contributed by atoms with Gasteiger partial charge in [0.2, 0.25) is 0 Å². The molecule has 2 fully saturated rings. The summed E-state index contributed by atoms with van der Waals surface area (Å²) in [7, 11) is 0. The Morgan fingerprint density at radius 2 is 2.07 bits per heavy atom. The number of carbonyl (C=O) groups excluding carboxylic acids is 1. The average molecular weight is 417 g/mol. The molecule has 2 aliphatic rings. The second-order valence-electron chi connectivity index (χ2n) is 9.03. The van der Waals surface area contributed by atoms with Crippen LogP contribution in [0.2, 0.25) is 0 Å². The molecule has 2 aromatic rings. The summed E-state index contributed by atoms with van der Waals surface area (Å²) in [6.45, 7) is 6.16. The van der Waals surface area contributed by atoms with Gasteiger partial charge in [0.1, 0.15) is 11.4 Å². The van der Waals surface area contributed by atoms with E-state index in [4.69, 9.17) is 5.73 Å². The molecule has 0 bridgehead atoms. The van der Waals surface area contributed by atoms with Gasteiger partial charge in [0, 0.05) is 5.38 Å². The van der Waals surface area contributed by atoms with Gasteiger partial charge in [-0.05, 0) is 69.0 Å². The molecule has 158 valence electrons. The maximum Gasteiger partial charge on any atom is 0.252 e. The van der Waals surface area contributed by atoms with Gasteiger partial charge in [0.15, 0.2) is 0 Å². The Morgan fingerprint density at radius 3 is 2.72 bits per heavy atom. The fourth-order valence-corrected chi connectivity index (χ4v) is 5.36. The fourth-order valence-electron chi connectivity index (χ4n) is 4.72. The molecule has 0 radical (unpaired) electrons. The predicted octanol–water partition coefficient (Wildman–Crippen LogP) is 2.81. The maximum absolute atomic E-state index is 13.0. The molecule has 0 aromatic carbocycles. The highest BCUT2D eigenvalue weighted by atomic mass is 32.1. The van der Waals surface area contributed by atoms with E-state index in [1.807, 2.05) is 27.7 Å². The van der Waals surface area contributed by atoms with Crippen LogP contribution >= 0.6 is 11.3 Å². The lowest BCUT2D eigenvalue weighted by Crippen LogP contribution is -2.51. The molecular weight excluding hydrogens is 384 g/mol. The molecule has 3 heterocycles. The Hall–Kier alpha value is -1.77. The van der Waals surface area contributed by atoms with Crippen LogP contribution in [0, 0.1) is 11.8 Å². The van der Waals surface area contributed by atoms with Crippen LogP contribution in [0.15, 0.2) is 23.0 Å². The van der Waals surface area contributed by atoms with E-state index in [0.29, 0.717) is 11.5 Å². The number of nitrogens with zero attached hydrogens (tertiary/aromatic N) is 3. The van der Waals surface area contributed by atoms with Gasteiger partial charge in [-0.25, -0.2) is 4.68 Å². The molecule has 1 saturated heterocycles. The summed E-state index contributed by atoms with van der Waals surface area (Å²) in [6, 6.07) is 1.87. The number of rotatable bonds is 5. The van der Waals surface area contributed by atoms with E-state index in [0.717, 1.165) is 50.4 Å². The molecule has 2 aromatic heterocycles. The van der Waals surface area contributed by atoms with E-state index in [2.05, 4.69) is 34.8 Å². The van der Waals surface area contributed by atoms with Crippen LogP contribution < -0.4 is 16.4 Å². The summed E-state index contributed by atoms with van der Waals surface area (Å²) in [5.74, 6) is 1.01. The van der Waals surface area contributed by atoms with Crippen molar-refractivity contribution in [3.63, 3.8) is 0 Å². The number of carbonyl (C=O) groups is 1. The molecule has 7 nitrogen and oxygen atoms in total. The lowest BCUT2D eigenvalue weighted by molar-refractivity contribution is 0.0813. The fraction of sp³-hybridized carbons (Fsp3) is 0.667. The molecule has 1 aliphatic heterocycles. The van der Waals surface area contributed by atoms with Crippen LogP contribution in [0.5, 0.6) is 0 Å². The van der Waals surface area contributed by atoms with Gasteiger partial charge < -0.3 is 16.4 Å². The monoisotopic (exact) mass is 416 g/mol. The first-order valence-corrected chi connectivity index (χ1v) is 11.6. The van der Waals surface area contributed by atoms with E-state index in [1.165, 1.54) is 24.2 Å². The first-order chi connectivity index (χ1) is 13.9. The second-order valence-corrected chi connectivity index (χ2v) is 9.81. The van der Waals surface area contributed by atoms with Crippen molar-refractivity contribution in [3.05, 3.63) is 34.3 Å². The van der Waals surface area contributed by atoms with Crippen LogP contribution in [-0.2, 0) is 11.2 Å². The second kappa shape index (κ2) is 8.16. The van der Waals surface area contributed by atoms with Gasteiger partial charge in [0.25, 0.3) is 5.91 Å². The standard InChI is InChI=1S/C21H32N6OS/c1-15-3-5-17(6-4-15)20(2,24-19(28)16-7-12-29-14-16)18-13-27(26-25-18)21(22)8-10-23-11-9-21/h7,12-15,17,23H,3-6,8-11,22H2,1-2H3,(H,24,28)/t15?,17?,20-/m0/s1. The minimum absolute atomic E-state index is 0.0498. The van der Waals surface area contributed by atoms with Crippen LogP contribution in [0.25, 0.3) is 0 Å². The smallest absolute Gasteiger partial charge is 0.252 e. The minimum Gasteiger partial charge on any atom is -0.341 e. The highest BCUT2D eigenvalue weighted by molar-refractivity contribution is 7.08. The van der Waals surface area contributed by atoms with Gasteiger partial charge in [-0.1, -0.05) is 25.0 Å². The Bertz CT molecular complexity index is 820. The molecule has 1 aliphatic carbocycles. The molecule has 8 heteroatoms. The highest BCUT2D eigenvalue weighted by Crippen LogP contribution is 2.40. The van der Waals surface area contributed by atoms with Gasteiger partial charge in [-0.2, -0.15) is 11.3 Å². The van der Waals surface area contributed by atoms with Gasteiger partial charge >= 0.3 is 0 Å². The Morgan fingerprint density at radius 1 is 1.34 bits per heavy atom. The van der Waals surface area contributed by atoms with E-state index in [-0.39, 0.29) is 5.91 Å². The number of hydrogen-bond donors (Lipinski definition) is 3. The summed E-state index contributed by atoms with van der Waals surface area (Å²) in [5, 5.41) is 19.4. The van der Waals surface area contributed by atoms with Crippen LogP contribution in [0.3, 0.4) is 0 Å². The predicted molar refractivity (Wildman–Crippen MR) is 115 cm³/mol. The van der Waals surface area contributed by atoms with Crippen molar-refractivity contribution in [2.45, 2.75) is 63.6 Å². The summed E-state index contributed by atoms with van der Waals surface area (Å²) < 4.78 is 1.82. The number of thiophene rings is 1. The largest absolute Gasteiger partial charge is 0.341 e. The first kappa shape index (κ1) is 20.5. The van der Waals surface area contributed by atoms with Crippen molar-refractivity contribution in [1.82, 2.24) is 25.6 Å². The van der Waals surface area contributed by atoms with E-state index >= 15 is 0 Å². The number of hydrogen-bond acceptors (Lipinski definition) is 6. The molecule has 29 heavy (non-hydrogen) atoms. The minimum atomic E-state index is -0.569. The molecule has 0 spiro atoms. The Kier molecular flexibility index (Phi) is 5.77. The normalized spacial score (nSPS) is 26.6. The zero-order valence-electron chi connectivity index (χ0n) is 17.4. The van der Waals surface area contributed by atoms with Crippen molar-refractivity contribution >= 4 is 17.2 Å². The molecule has 4 N–H and O–H groups in total.